The average Bonchev–Trinajstić information content (AvgIpc) is 2.16. The molecule has 15 heavy (non-hydrogen) atoms. The number of nitrogens with two attached hydrogens (primary N) is 1. The van der Waals surface area contributed by atoms with Crippen LogP contribution in [0.3, 0.4) is 0 Å². The highest BCUT2D eigenvalue weighted by molar-refractivity contribution is 5.25. The molecule has 0 fully saturated rings. The Morgan fingerprint density at radius 1 is 1.13 bits per heavy atom. The normalized spacial score (nSPS) is 12.9. The van der Waals surface area contributed by atoms with Gasteiger partial charge >= 0.3 is 0 Å². The van der Waals surface area contributed by atoms with Crippen LogP contribution in [0.15, 0.2) is 6.07 Å². The summed E-state index contributed by atoms with van der Waals surface area (Å²) in [4.78, 5) is 0. The van der Waals surface area contributed by atoms with Crippen molar-refractivity contribution in [3.8, 4) is 0 Å². The third kappa shape index (κ3) is 2.28. The first kappa shape index (κ1) is 12.0. The zero-order valence-electron chi connectivity index (χ0n) is 8.16. The van der Waals surface area contributed by atoms with Crippen LogP contribution in [0.25, 0.3) is 0 Å². The molecule has 0 spiro atoms. The summed E-state index contributed by atoms with van der Waals surface area (Å²) in [5.41, 5.74) is 4.64. The quantitative estimate of drug-likeness (QED) is 0.616. The Morgan fingerprint density at radius 3 is 2.00 bits per heavy atom. The van der Waals surface area contributed by atoms with Gasteiger partial charge in [-0.3, -0.25) is 0 Å². The molecular formula is C10H11F4N. The van der Waals surface area contributed by atoms with E-state index in [9.17, 15) is 17.6 Å². The van der Waals surface area contributed by atoms with Crippen LogP contribution in [-0.4, -0.2) is 6.54 Å². The van der Waals surface area contributed by atoms with E-state index in [1.165, 1.54) is 6.92 Å². The van der Waals surface area contributed by atoms with Crippen LogP contribution in [0.2, 0.25) is 0 Å². The fourth-order valence-electron chi connectivity index (χ4n) is 1.42. The first-order valence-electron chi connectivity index (χ1n) is 4.52. The van der Waals surface area contributed by atoms with E-state index in [0.29, 0.717) is 0 Å². The van der Waals surface area contributed by atoms with Crippen LogP contribution >= 0.6 is 0 Å². The second-order valence-corrected chi connectivity index (χ2v) is 3.36. The second-order valence-electron chi connectivity index (χ2n) is 3.36. The van der Waals surface area contributed by atoms with Gasteiger partial charge in [0.2, 0.25) is 0 Å². The molecule has 0 bridgehead atoms. The monoisotopic (exact) mass is 221 g/mol. The fraction of sp³-hybridized carbons (Fsp3) is 0.400. The van der Waals surface area contributed by atoms with Crippen molar-refractivity contribution in [2.45, 2.75) is 19.3 Å². The van der Waals surface area contributed by atoms with E-state index in [0.717, 1.165) is 0 Å². The average molecular weight is 221 g/mol. The van der Waals surface area contributed by atoms with E-state index in [4.69, 9.17) is 5.73 Å². The van der Waals surface area contributed by atoms with Crippen molar-refractivity contribution in [3.05, 3.63) is 34.9 Å². The molecule has 0 amide bonds. The Hall–Kier alpha value is -1.10. The molecule has 0 radical (unpaired) electrons. The third-order valence-corrected chi connectivity index (χ3v) is 2.24. The zero-order valence-corrected chi connectivity index (χ0v) is 8.16. The van der Waals surface area contributed by atoms with Gasteiger partial charge in [-0.2, -0.15) is 0 Å². The molecule has 2 N–H and O–H groups in total. The van der Waals surface area contributed by atoms with Gasteiger partial charge in [0.1, 0.15) is 0 Å². The van der Waals surface area contributed by atoms with E-state index in [-0.39, 0.29) is 19.0 Å². The summed E-state index contributed by atoms with van der Waals surface area (Å²) in [6.07, 6.45) is 0.261. The number of hydrogen-bond donors (Lipinski definition) is 1. The van der Waals surface area contributed by atoms with Gasteiger partial charge in [0, 0.05) is 11.6 Å². The Morgan fingerprint density at radius 2 is 1.60 bits per heavy atom. The highest BCUT2D eigenvalue weighted by Gasteiger charge is 2.22. The minimum absolute atomic E-state index is 0.193. The van der Waals surface area contributed by atoms with Gasteiger partial charge in [0.25, 0.3) is 0 Å². The van der Waals surface area contributed by atoms with Crippen molar-refractivity contribution >= 4 is 0 Å². The van der Waals surface area contributed by atoms with Crippen LogP contribution in [0.1, 0.15) is 24.8 Å². The first-order valence-corrected chi connectivity index (χ1v) is 4.52. The lowest BCUT2D eigenvalue weighted by Gasteiger charge is -2.13. The van der Waals surface area contributed by atoms with Gasteiger partial charge in [-0.1, -0.05) is 6.92 Å². The minimum Gasteiger partial charge on any atom is -0.330 e. The number of rotatable bonds is 3. The molecule has 0 aromatic heterocycles. The maximum absolute atomic E-state index is 13.2. The zero-order chi connectivity index (χ0) is 11.6. The van der Waals surface area contributed by atoms with Crippen LogP contribution in [-0.2, 0) is 0 Å². The first-order chi connectivity index (χ1) is 6.99. The smallest absolute Gasteiger partial charge is 0.165 e. The molecule has 0 saturated heterocycles. The molecule has 0 saturated carbocycles. The fourth-order valence-corrected chi connectivity index (χ4v) is 1.42. The van der Waals surface area contributed by atoms with Crippen LogP contribution in [0.4, 0.5) is 17.6 Å². The van der Waals surface area contributed by atoms with Crippen molar-refractivity contribution in [1.29, 1.82) is 0 Å². The van der Waals surface area contributed by atoms with Gasteiger partial charge in [0.05, 0.1) is 0 Å². The minimum atomic E-state index is -1.38. The van der Waals surface area contributed by atoms with Crippen molar-refractivity contribution in [3.63, 3.8) is 0 Å². The molecule has 1 atom stereocenters. The lowest BCUT2D eigenvalue weighted by atomic mass is 9.96. The molecule has 1 aromatic rings. The van der Waals surface area contributed by atoms with Crippen molar-refractivity contribution < 1.29 is 17.6 Å². The van der Waals surface area contributed by atoms with Crippen molar-refractivity contribution in [2.75, 3.05) is 6.54 Å². The summed E-state index contributed by atoms with van der Waals surface area (Å²) in [5, 5.41) is 0. The molecule has 1 aromatic carbocycles. The summed E-state index contributed by atoms with van der Waals surface area (Å²) >= 11 is 0. The molecule has 0 heterocycles. The summed E-state index contributed by atoms with van der Waals surface area (Å²) in [6, 6.07) is 0.198. The van der Waals surface area contributed by atoms with Gasteiger partial charge in [-0.25, -0.2) is 17.6 Å². The lowest BCUT2D eigenvalue weighted by molar-refractivity contribution is 0.426. The molecular weight excluding hydrogens is 210 g/mol. The standard InChI is InChI=1S/C10H11F4N/c1-5(2-3-15)8-9(13)6(11)4-7(12)10(8)14/h4-5H,2-3,15H2,1H3. The predicted octanol–water partition coefficient (Wildman–Crippen LogP) is 2.70. The molecule has 0 aliphatic rings. The van der Waals surface area contributed by atoms with E-state index < -0.39 is 34.8 Å². The topological polar surface area (TPSA) is 26.0 Å². The van der Waals surface area contributed by atoms with E-state index in [2.05, 4.69) is 0 Å². The Labute approximate surface area is 84.9 Å². The summed E-state index contributed by atoms with van der Waals surface area (Å²) in [6.45, 7) is 1.66. The predicted molar refractivity (Wildman–Crippen MR) is 48.4 cm³/mol. The van der Waals surface area contributed by atoms with E-state index in [1.807, 2.05) is 0 Å². The van der Waals surface area contributed by atoms with Crippen LogP contribution in [0, 0.1) is 23.3 Å². The van der Waals surface area contributed by atoms with E-state index >= 15 is 0 Å². The van der Waals surface area contributed by atoms with Gasteiger partial charge in [0.15, 0.2) is 23.3 Å². The van der Waals surface area contributed by atoms with Crippen LogP contribution in [0.5, 0.6) is 0 Å². The highest BCUT2D eigenvalue weighted by Crippen LogP contribution is 2.27. The van der Waals surface area contributed by atoms with Gasteiger partial charge in [-0.15, -0.1) is 0 Å². The van der Waals surface area contributed by atoms with E-state index in [1.54, 1.807) is 0 Å². The molecule has 84 valence electrons. The molecule has 1 rings (SSSR count). The maximum atomic E-state index is 13.2. The van der Waals surface area contributed by atoms with Gasteiger partial charge in [-0.05, 0) is 18.9 Å². The summed E-state index contributed by atoms with van der Waals surface area (Å²) in [5.74, 6) is -6.09. The Bertz CT molecular complexity index is 339. The van der Waals surface area contributed by atoms with Crippen molar-refractivity contribution in [1.82, 2.24) is 0 Å². The maximum Gasteiger partial charge on any atom is 0.165 e. The molecule has 1 unspecified atom stereocenters. The third-order valence-electron chi connectivity index (χ3n) is 2.24. The molecule has 0 aliphatic heterocycles. The lowest BCUT2D eigenvalue weighted by Crippen LogP contribution is -2.10. The summed E-state index contributed by atoms with van der Waals surface area (Å²) in [7, 11) is 0. The SMILES string of the molecule is CC(CCN)c1c(F)c(F)cc(F)c1F. The summed E-state index contributed by atoms with van der Waals surface area (Å²) < 4.78 is 52.0. The number of benzene rings is 1. The second kappa shape index (κ2) is 4.61. The molecule has 0 aliphatic carbocycles. The Balaban J connectivity index is 3.26. The largest absolute Gasteiger partial charge is 0.330 e. The molecule has 5 heteroatoms. The van der Waals surface area contributed by atoms with Crippen LogP contribution < -0.4 is 5.73 Å². The number of hydrogen-bond acceptors (Lipinski definition) is 1. The molecule has 1 nitrogen and oxygen atoms in total. The highest BCUT2D eigenvalue weighted by atomic mass is 19.2. The Kier molecular flexibility index (Phi) is 3.68. The van der Waals surface area contributed by atoms with Gasteiger partial charge < -0.3 is 5.73 Å². The van der Waals surface area contributed by atoms with Crippen molar-refractivity contribution in [2.24, 2.45) is 5.73 Å². The number of halogens is 4.